The van der Waals surface area contributed by atoms with Crippen LogP contribution < -0.4 is 5.32 Å². The Morgan fingerprint density at radius 3 is 2.43 bits per heavy atom. The van der Waals surface area contributed by atoms with Crippen LogP contribution in [0.2, 0.25) is 10.0 Å². The highest BCUT2D eigenvalue weighted by Crippen LogP contribution is 2.22. The molecule has 0 aliphatic heterocycles. The largest absolute Gasteiger partial charge is 0.322 e. The number of halogens is 2. The molecule has 0 aliphatic rings. The summed E-state index contributed by atoms with van der Waals surface area (Å²) in [6.07, 6.45) is 1.06. The van der Waals surface area contributed by atoms with Crippen LogP contribution in [-0.2, 0) is 9.84 Å². The highest BCUT2D eigenvalue weighted by molar-refractivity contribution is 7.90. The maximum Gasteiger partial charge on any atom is 0.257 e. The van der Waals surface area contributed by atoms with Gasteiger partial charge in [-0.2, -0.15) is 0 Å². The molecule has 0 aliphatic carbocycles. The van der Waals surface area contributed by atoms with Gasteiger partial charge in [0.15, 0.2) is 9.84 Å². The van der Waals surface area contributed by atoms with Crippen LogP contribution in [0.4, 0.5) is 5.69 Å². The van der Waals surface area contributed by atoms with E-state index in [0.29, 0.717) is 10.7 Å². The Bertz CT molecular complexity index is 804. The molecule has 2 rings (SSSR count). The van der Waals surface area contributed by atoms with Crippen LogP contribution in [-0.4, -0.2) is 20.6 Å². The Morgan fingerprint density at radius 2 is 1.81 bits per heavy atom. The minimum atomic E-state index is -3.41. The third-order valence-corrected chi connectivity index (χ3v) is 4.37. The van der Waals surface area contributed by atoms with E-state index in [4.69, 9.17) is 23.2 Å². The normalized spacial score (nSPS) is 11.2. The molecule has 21 heavy (non-hydrogen) atoms. The van der Waals surface area contributed by atoms with E-state index in [-0.39, 0.29) is 15.5 Å². The van der Waals surface area contributed by atoms with Crippen molar-refractivity contribution in [3.8, 4) is 0 Å². The summed E-state index contributed by atoms with van der Waals surface area (Å²) in [5.74, 6) is -0.507. The van der Waals surface area contributed by atoms with Gasteiger partial charge in [0.2, 0.25) is 0 Å². The van der Waals surface area contributed by atoms with Crippen molar-refractivity contribution in [2.45, 2.75) is 4.90 Å². The van der Waals surface area contributed by atoms with Gasteiger partial charge in [0.05, 0.1) is 15.5 Å². The van der Waals surface area contributed by atoms with Crippen molar-refractivity contribution in [1.29, 1.82) is 0 Å². The summed E-state index contributed by atoms with van der Waals surface area (Å²) in [6, 6.07) is 10.6. The van der Waals surface area contributed by atoms with Crippen LogP contribution in [0.5, 0.6) is 0 Å². The van der Waals surface area contributed by atoms with Gasteiger partial charge in [-0.3, -0.25) is 4.79 Å². The van der Waals surface area contributed by atoms with E-state index in [1.54, 1.807) is 24.3 Å². The van der Waals surface area contributed by atoms with Crippen LogP contribution in [0.15, 0.2) is 47.4 Å². The first-order valence-electron chi connectivity index (χ1n) is 5.84. The minimum Gasteiger partial charge on any atom is -0.322 e. The zero-order chi connectivity index (χ0) is 15.6. The van der Waals surface area contributed by atoms with Crippen molar-refractivity contribution in [3.63, 3.8) is 0 Å². The maximum absolute atomic E-state index is 12.2. The number of sulfone groups is 1. The monoisotopic (exact) mass is 343 g/mol. The summed E-state index contributed by atoms with van der Waals surface area (Å²) in [7, 11) is -3.41. The second-order valence-corrected chi connectivity index (χ2v) is 7.24. The lowest BCUT2D eigenvalue weighted by atomic mass is 10.2. The first kappa shape index (κ1) is 15.8. The van der Waals surface area contributed by atoms with Gasteiger partial charge in [0.25, 0.3) is 5.91 Å². The van der Waals surface area contributed by atoms with Crippen LogP contribution in [0.3, 0.4) is 0 Å². The molecule has 0 radical (unpaired) electrons. The quantitative estimate of drug-likeness (QED) is 0.924. The molecule has 0 atom stereocenters. The summed E-state index contributed by atoms with van der Waals surface area (Å²) in [4.78, 5) is 12.2. The average molecular weight is 344 g/mol. The number of rotatable bonds is 3. The fourth-order valence-corrected chi connectivity index (χ4v) is 2.71. The Kier molecular flexibility index (Phi) is 4.56. The molecular formula is C14H11Cl2NO3S. The molecular weight excluding hydrogens is 333 g/mol. The molecule has 2 aromatic carbocycles. The van der Waals surface area contributed by atoms with Crippen molar-refractivity contribution < 1.29 is 13.2 Å². The molecule has 0 saturated carbocycles. The molecule has 0 spiro atoms. The molecule has 0 unspecified atom stereocenters. The zero-order valence-electron chi connectivity index (χ0n) is 10.9. The topological polar surface area (TPSA) is 63.2 Å². The van der Waals surface area contributed by atoms with Crippen molar-refractivity contribution in [2.24, 2.45) is 0 Å². The fraction of sp³-hybridized carbons (Fsp3) is 0.0714. The Hall–Kier alpha value is -1.56. The van der Waals surface area contributed by atoms with Gasteiger partial charge < -0.3 is 5.32 Å². The molecule has 0 bridgehead atoms. The summed E-state index contributed by atoms with van der Waals surface area (Å²) >= 11 is 11.8. The van der Waals surface area contributed by atoms with Crippen LogP contribution >= 0.6 is 23.2 Å². The van der Waals surface area contributed by atoms with Gasteiger partial charge in [0.1, 0.15) is 0 Å². The average Bonchev–Trinajstić information content (AvgIpc) is 2.37. The van der Waals surface area contributed by atoms with Gasteiger partial charge in [0, 0.05) is 17.0 Å². The molecule has 7 heteroatoms. The van der Waals surface area contributed by atoms with Gasteiger partial charge in [-0.25, -0.2) is 8.42 Å². The Balaban J connectivity index is 2.35. The molecule has 4 nitrogen and oxygen atoms in total. The van der Waals surface area contributed by atoms with Crippen LogP contribution in [0.1, 0.15) is 10.4 Å². The van der Waals surface area contributed by atoms with Gasteiger partial charge >= 0.3 is 0 Å². The number of nitrogens with one attached hydrogen (secondary N) is 1. The lowest BCUT2D eigenvalue weighted by Crippen LogP contribution is -2.13. The lowest BCUT2D eigenvalue weighted by Gasteiger charge is -2.08. The van der Waals surface area contributed by atoms with E-state index in [2.05, 4.69) is 5.32 Å². The summed E-state index contributed by atoms with van der Waals surface area (Å²) in [5.41, 5.74) is 0.577. The number of carbonyl (C=O) groups is 1. The third kappa shape index (κ3) is 3.97. The number of hydrogen-bond acceptors (Lipinski definition) is 3. The Morgan fingerprint density at radius 1 is 1.10 bits per heavy atom. The number of hydrogen-bond donors (Lipinski definition) is 1. The molecule has 1 amide bonds. The molecule has 0 aromatic heterocycles. The predicted octanol–water partition coefficient (Wildman–Crippen LogP) is 3.65. The molecule has 0 fully saturated rings. The van der Waals surface area contributed by atoms with E-state index in [0.717, 1.165) is 6.26 Å². The maximum atomic E-state index is 12.2. The number of amides is 1. The summed E-state index contributed by atoms with van der Waals surface area (Å²) in [6.45, 7) is 0. The fourth-order valence-electron chi connectivity index (χ4n) is 1.67. The van der Waals surface area contributed by atoms with Crippen LogP contribution in [0, 0.1) is 0 Å². The number of anilines is 1. The first-order valence-corrected chi connectivity index (χ1v) is 8.48. The van der Waals surface area contributed by atoms with E-state index < -0.39 is 15.7 Å². The van der Waals surface area contributed by atoms with Crippen molar-refractivity contribution in [1.82, 2.24) is 0 Å². The van der Waals surface area contributed by atoms with Crippen molar-refractivity contribution in [3.05, 3.63) is 58.1 Å². The smallest absolute Gasteiger partial charge is 0.257 e. The van der Waals surface area contributed by atoms with E-state index >= 15 is 0 Å². The minimum absolute atomic E-state index is 0.0307. The number of benzene rings is 2. The second kappa shape index (κ2) is 6.05. The van der Waals surface area contributed by atoms with Crippen molar-refractivity contribution >= 4 is 44.6 Å². The molecule has 110 valence electrons. The number of carbonyl (C=O) groups excluding carboxylic acids is 1. The van der Waals surface area contributed by atoms with Gasteiger partial charge in [-0.1, -0.05) is 29.3 Å². The highest BCUT2D eigenvalue weighted by Gasteiger charge is 2.15. The zero-order valence-corrected chi connectivity index (χ0v) is 13.3. The Labute approximate surface area is 132 Å². The molecule has 2 aromatic rings. The third-order valence-electron chi connectivity index (χ3n) is 2.69. The van der Waals surface area contributed by atoms with E-state index in [1.165, 1.54) is 18.2 Å². The molecule has 0 saturated heterocycles. The van der Waals surface area contributed by atoms with E-state index in [9.17, 15) is 13.2 Å². The molecule has 0 heterocycles. The lowest BCUT2D eigenvalue weighted by molar-refractivity contribution is 0.102. The van der Waals surface area contributed by atoms with Gasteiger partial charge in [-0.15, -0.1) is 0 Å². The van der Waals surface area contributed by atoms with E-state index in [1.807, 2.05) is 0 Å². The standard InChI is InChI=1S/C14H11Cl2NO3S/c1-21(19,20)11-5-6-13(16)12(8-11)14(18)17-10-4-2-3-9(15)7-10/h2-8H,1H3,(H,17,18). The SMILES string of the molecule is CS(=O)(=O)c1ccc(Cl)c(C(=O)Nc2cccc(Cl)c2)c1. The molecule has 1 N–H and O–H groups in total. The predicted molar refractivity (Wildman–Crippen MR) is 84.0 cm³/mol. The van der Waals surface area contributed by atoms with Gasteiger partial charge in [-0.05, 0) is 36.4 Å². The highest BCUT2D eigenvalue weighted by atomic mass is 35.5. The second-order valence-electron chi connectivity index (χ2n) is 4.38. The van der Waals surface area contributed by atoms with Crippen LogP contribution in [0.25, 0.3) is 0 Å². The first-order chi connectivity index (χ1) is 9.77. The van der Waals surface area contributed by atoms with Crippen molar-refractivity contribution in [2.75, 3.05) is 11.6 Å². The summed E-state index contributed by atoms with van der Waals surface area (Å²) < 4.78 is 23.1. The summed E-state index contributed by atoms with van der Waals surface area (Å²) in [5, 5.41) is 3.26.